The number of hydrogen-bond donors (Lipinski definition) is 2. The molecule has 1 unspecified atom stereocenters. The van der Waals surface area contributed by atoms with Crippen molar-refractivity contribution in [2.45, 2.75) is 44.1 Å². The van der Waals surface area contributed by atoms with Crippen molar-refractivity contribution in [1.29, 1.82) is 0 Å². The summed E-state index contributed by atoms with van der Waals surface area (Å²) in [6, 6.07) is 11.1. The fraction of sp³-hybridized carbons (Fsp3) is 0.478. The Morgan fingerprint density at radius 2 is 1.72 bits per heavy atom. The van der Waals surface area contributed by atoms with Gasteiger partial charge < -0.3 is 19.8 Å². The molecule has 2 heterocycles. The van der Waals surface area contributed by atoms with Crippen LogP contribution in [0.25, 0.3) is 0 Å². The molecule has 1 aromatic heterocycles. The second kappa shape index (κ2) is 8.37. The number of piperidine rings is 1. The predicted molar refractivity (Wildman–Crippen MR) is 110 cm³/mol. The molecule has 2 fully saturated rings. The zero-order valence-corrected chi connectivity index (χ0v) is 17.4. The first-order chi connectivity index (χ1) is 15.2. The van der Waals surface area contributed by atoms with E-state index in [-0.39, 0.29) is 18.0 Å². The van der Waals surface area contributed by atoms with Crippen LogP contribution in [-0.4, -0.2) is 47.0 Å². The van der Waals surface area contributed by atoms with Gasteiger partial charge in [-0.15, -0.1) is 0 Å². The van der Waals surface area contributed by atoms with Gasteiger partial charge in [0.25, 0.3) is 0 Å². The maximum absolute atomic E-state index is 13.5. The molecule has 1 atom stereocenters. The maximum atomic E-state index is 13.5. The van der Waals surface area contributed by atoms with Gasteiger partial charge in [0.15, 0.2) is 0 Å². The highest BCUT2D eigenvalue weighted by molar-refractivity contribution is 5.95. The average Bonchev–Trinajstić information content (AvgIpc) is 3.55. The summed E-state index contributed by atoms with van der Waals surface area (Å²) < 4.78 is 45.8. The fourth-order valence-electron chi connectivity index (χ4n) is 4.07. The quantitative estimate of drug-likeness (QED) is 0.655. The Hall–Kier alpha value is -2.65. The van der Waals surface area contributed by atoms with Gasteiger partial charge in [-0.25, -0.2) is 9.78 Å². The minimum Gasteiger partial charge on any atom is -0.457 e. The molecule has 2 aromatic rings. The number of aromatic nitrogens is 1. The molecule has 1 saturated carbocycles. The monoisotopic (exact) mass is 450 g/mol. The second-order valence-corrected chi connectivity index (χ2v) is 8.63. The van der Waals surface area contributed by atoms with E-state index < -0.39 is 30.0 Å². The van der Waals surface area contributed by atoms with Crippen LogP contribution < -0.4 is 4.90 Å². The summed E-state index contributed by atoms with van der Waals surface area (Å²) >= 11 is 0. The molecule has 172 valence electrons. The number of hydrogen-bond acceptors (Lipinski definition) is 6. The molecule has 1 spiro atoms. The van der Waals surface area contributed by atoms with E-state index in [1.807, 2.05) is 6.07 Å². The van der Waals surface area contributed by atoms with Gasteiger partial charge in [-0.1, -0.05) is 30.3 Å². The second-order valence-electron chi connectivity index (χ2n) is 8.63. The zero-order chi connectivity index (χ0) is 23.0. The molecule has 6 nitrogen and oxygen atoms in total. The number of esters is 1. The molecular formula is C23H25F3N2O4. The Bertz CT molecular complexity index is 969. The van der Waals surface area contributed by atoms with Crippen LogP contribution in [0.1, 0.15) is 47.3 Å². The van der Waals surface area contributed by atoms with E-state index in [2.05, 4.69) is 4.98 Å². The molecule has 2 aliphatic rings. The van der Waals surface area contributed by atoms with Crippen molar-refractivity contribution in [3.05, 3.63) is 59.3 Å². The van der Waals surface area contributed by atoms with Crippen LogP contribution >= 0.6 is 0 Å². The van der Waals surface area contributed by atoms with E-state index in [0.29, 0.717) is 18.5 Å². The molecule has 0 bridgehead atoms. The van der Waals surface area contributed by atoms with E-state index in [9.17, 15) is 28.2 Å². The van der Waals surface area contributed by atoms with Crippen LogP contribution in [0.4, 0.5) is 19.0 Å². The van der Waals surface area contributed by atoms with Gasteiger partial charge in [0.2, 0.25) is 5.60 Å². The number of halogens is 3. The third-order valence-corrected chi connectivity index (χ3v) is 6.51. The SMILES string of the molecule is O=C(OCc1ccccc1)c1ccc(C(O)(CO)C(F)(F)F)nc1N1CCC2(CC1)CC2. The fourth-order valence-corrected chi connectivity index (χ4v) is 4.07. The Kier molecular flexibility index (Phi) is 5.89. The van der Waals surface area contributed by atoms with Crippen LogP contribution in [0.15, 0.2) is 42.5 Å². The van der Waals surface area contributed by atoms with Crippen molar-refractivity contribution in [3.63, 3.8) is 0 Å². The standard InChI is InChI=1S/C23H25F3N2O4/c24-23(25,26)22(31,15-29)18-7-6-17(20(30)32-14-16-4-2-1-3-5-16)19(27-18)28-12-10-21(8-9-21)11-13-28/h1-7,29,31H,8-15H2. The maximum Gasteiger partial charge on any atom is 0.425 e. The van der Waals surface area contributed by atoms with Crippen molar-refractivity contribution in [3.8, 4) is 0 Å². The van der Waals surface area contributed by atoms with E-state index in [1.165, 1.54) is 6.07 Å². The number of pyridine rings is 1. The molecule has 1 aliphatic heterocycles. The lowest BCUT2D eigenvalue weighted by molar-refractivity contribution is -0.279. The van der Waals surface area contributed by atoms with Gasteiger partial charge >= 0.3 is 12.1 Å². The number of alkyl halides is 3. The van der Waals surface area contributed by atoms with Gasteiger partial charge in [-0.05, 0) is 48.8 Å². The molecular weight excluding hydrogens is 425 g/mol. The van der Waals surface area contributed by atoms with Crippen LogP contribution in [-0.2, 0) is 16.9 Å². The van der Waals surface area contributed by atoms with Gasteiger partial charge in [0.1, 0.15) is 18.0 Å². The predicted octanol–water partition coefficient (Wildman–Crippen LogP) is 3.56. The molecule has 32 heavy (non-hydrogen) atoms. The number of aliphatic hydroxyl groups is 2. The summed E-state index contributed by atoms with van der Waals surface area (Å²) in [5.41, 5.74) is -3.18. The van der Waals surface area contributed by atoms with Gasteiger partial charge in [-0.2, -0.15) is 13.2 Å². The first-order valence-corrected chi connectivity index (χ1v) is 10.5. The summed E-state index contributed by atoms with van der Waals surface area (Å²) in [5.74, 6) is -0.679. The number of carbonyl (C=O) groups is 1. The molecule has 0 radical (unpaired) electrons. The molecule has 1 saturated heterocycles. The van der Waals surface area contributed by atoms with Crippen LogP contribution in [0, 0.1) is 5.41 Å². The van der Waals surface area contributed by atoms with Crippen molar-refractivity contribution in [2.24, 2.45) is 5.41 Å². The summed E-state index contributed by atoms with van der Waals surface area (Å²) in [6.07, 6.45) is -1.14. The van der Waals surface area contributed by atoms with Crippen LogP contribution in [0.2, 0.25) is 0 Å². The van der Waals surface area contributed by atoms with E-state index in [0.717, 1.165) is 37.3 Å². The molecule has 1 aliphatic carbocycles. The van der Waals surface area contributed by atoms with Gasteiger partial charge in [-0.3, -0.25) is 0 Å². The Morgan fingerprint density at radius 3 is 2.28 bits per heavy atom. The van der Waals surface area contributed by atoms with Gasteiger partial charge in [0.05, 0.1) is 12.3 Å². The summed E-state index contributed by atoms with van der Waals surface area (Å²) in [7, 11) is 0. The Morgan fingerprint density at radius 1 is 1.06 bits per heavy atom. The average molecular weight is 450 g/mol. The van der Waals surface area contributed by atoms with E-state index in [1.54, 1.807) is 29.2 Å². The molecule has 9 heteroatoms. The largest absolute Gasteiger partial charge is 0.457 e. The minimum atomic E-state index is -5.14. The first-order valence-electron chi connectivity index (χ1n) is 10.5. The lowest BCUT2D eigenvalue weighted by Gasteiger charge is -2.35. The highest BCUT2D eigenvalue weighted by Gasteiger charge is 2.56. The third-order valence-electron chi connectivity index (χ3n) is 6.51. The lowest BCUT2D eigenvalue weighted by atomic mass is 9.93. The van der Waals surface area contributed by atoms with E-state index in [4.69, 9.17) is 4.74 Å². The number of carbonyl (C=O) groups excluding carboxylic acids is 1. The van der Waals surface area contributed by atoms with Crippen LogP contribution in [0.3, 0.4) is 0 Å². The molecule has 1 aromatic carbocycles. The zero-order valence-electron chi connectivity index (χ0n) is 17.4. The number of rotatable bonds is 6. The summed E-state index contributed by atoms with van der Waals surface area (Å²) in [4.78, 5) is 18.6. The Labute approximate surface area is 183 Å². The van der Waals surface area contributed by atoms with Crippen molar-refractivity contribution in [1.82, 2.24) is 4.98 Å². The highest BCUT2D eigenvalue weighted by atomic mass is 19.4. The molecule has 4 rings (SSSR count). The number of ether oxygens (including phenoxy) is 1. The number of benzene rings is 1. The van der Waals surface area contributed by atoms with Crippen molar-refractivity contribution >= 4 is 11.8 Å². The number of nitrogens with zero attached hydrogens (tertiary/aromatic N) is 2. The highest BCUT2D eigenvalue weighted by Crippen LogP contribution is 2.54. The van der Waals surface area contributed by atoms with E-state index >= 15 is 0 Å². The Balaban J connectivity index is 1.64. The molecule has 2 N–H and O–H groups in total. The number of anilines is 1. The summed E-state index contributed by atoms with van der Waals surface area (Å²) in [6.45, 7) is -0.491. The van der Waals surface area contributed by atoms with Crippen molar-refractivity contribution < 1.29 is 32.9 Å². The summed E-state index contributed by atoms with van der Waals surface area (Å²) in [5, 5.41) is 19.5. The smallest absolute Gasteiger partial charge is 0.425 e. The minimum absolute atomic E-state index is 0.00705. The first kappa shape index (κ1) is 22.5. The third kappa shape index (κ3) is 4.31. The number of aliphatic hydroxyl groups excluding tert-OH is 1. The van der Waals surface area contributed by atoms with Crippen LogP contribution in [0.5, 0.6) is 0 Å². The van der Waals surface area contributed by atoms with Gasteiger partial charge in [0, 0.05) is 13.1 Å². The lowest BCUT2D eigenvalue weighted by Crippen LogP contribution is -2.46. The van der Waals surface area contributed by atoms with Crippen molar-refractivity contribution in [2.75, 3.05) is 24.6 Å². The normalized spacial score (nSPS) is 19.5. The molecule has 0 amide bonds. The topological polar surface area (TPSA) is 82.9 Å².